The summed E-state index contributed by atoms with van der Waals surface area (Å²) in [5, 5.41) is 4.43. The Morgan fingerprint density at radius 3 is 2.86 bits per heavy atom. The van der Waals surface area contributed by atoms with Gasteiger partial charge < -0.3 is 4.74 Å². The highest BCUT2D eigenvalue weighted by Gasteiger charge is 2.22. The van der Waals surface area contributed by atoms with Gasteiger partial charge in [0.05, 0.1) is 23.5 Å². The summed E-state index contributed by atoms with van der Waals surface area (Å²) in [6.45, 7) is 0.861. The number of nitrogens with zero attached hydrogens (tertiary/aromatic N) is 2. The van der Waals surface area contributed by atoms with E-state index < -0.39 is 0 Å². The van der Waals surface area contributed by atoms with Gasteiger partial charge >= 0.3 is 0 Å². The molecule has 0 radical (unpaired) electrons. The normalized spacial score (nSPS) is 20.3. The first-order valence-electron chi connectivity index (χ1n) is 7.55. The highest BCUT2D eigenvalue weighted by molar-refractivity contribution is 5.33. The molecule has 1 aliphatic rings. The van der Waals surface area contributed by atoms with Crippen LogP contribution in [0.5, 0.6) is 0 Å². The highest BCUT2D eigenvalue weighted by Crippen LogP contribution is 2.25. The predicted molar refractivity (Wildman–Crippen MR) is 81.8 cm³/mol. The quantitative estimate of drug-likeness (QED) is 0.654. The van der Waals surface area contributed by atoms with E-state index in [2.05, 4.69) is 10.5 Å². The number of nitrogens with one attached hydrogen (secondary N) is 1. The molecule has 2 unspecified atom stereocenters. The lowest BCUT2D eigenvalue weighted by Gasteiger charge is -2.27. The molecule has 5 nitrogen and oxygen atoms in total. The van der Waals surface area contributed by atoms with Gasteiger partial charge in [0.1, 0.15) is 0 Å². The maximum absolute atomic E-state index is 5.83. The van der Waals surface area contributed by atoms with Crippen LogP contribution in [0.25, 0.3) is 5.69 Å². The van der Waals surface area contributed by atoms with Crippen molar-refractivity contribution in [1.82, 2.24) is 15.2 Å². The van der Waals surface area contributed by atoms with E-state index in [4.69, 9.17) is 10.6 Å². The molecule has 0 bridgehead atoms. The predicted octanol–water partition coefficient (Wildman–Crippen LogP) is 2.34. The fraction of sp³-hybridized carbons (Fsp3) is 0.438. The molecule has 21 heavy (non-hydrogen) atoms. The van der Waals surface area contributed by atoms with Crippen LogP contribution < -0.4 is 11.3 Å². The van der Waals surface area contributed by atoms with Gasteiger partial charge in [-0.25, -0.2) is 4.68 Å². The average Bonchev–Trinajstić information content (AvgIpc) is 3.04. The smallest absolute Gasteiger partial charge is 0.0658 e. The fourth-order valence-electron chi connectivity index (χ4n) is 2.89. The van der Waals surface area contributed by atoms with Gasteiger partial charge in [-0.05, 0) is 43.9 Å². The number of hydrogen-bond acceptors (Lipinski definition) is 4. The Kier molecular flexibility index (Phi) is 4.65. The van der Waals surface area contributed by atoms with Gasteiger partial charge in [-0.2, -0.15) is 5.10 Å². The van der Waals surface area contributed by atoms with Gasteiger partial charge in [-0.1, -0.05) is 18.2 Å². The van der Waals surface area contributed by atoms with E-state index in [9.17, 15) is 0 Å². The van der Waals surface area contributed by atoms with E-state index in [-0.39, 0.29) is 12.1 Å². The Hall–Kier alpha value is -1.69. The van der Waals surface area contributed by atoms with Crippen molar-refractivity contribution in [3.8, 4) is 5.69 Å². The summed E-state index contributed by atoms with van der Waals surface area (Å²) >= 11 is 0. The molecule has 1 aliphatic heterocycles. The maximum atomic E-state index is 5.83. The van der Waals surface area contributed by atoms with Gasteiger partial charge in [-0.15, -0.1) is 0 Å². The fourth-order valence-corrected chi connectivity index (χ4v) is 2.89. The molecule has 3 N–H and O–H groups in total. The van der Waals surface area contributed by atoms with E-state index in [1.807, 2.05) is 47.3 Å². The molecule has 1 fully saturated rings. The molecule has 2 atom stereocenters. The summed E-state index contributed by atoms with van der Waals surface area (Å²) in [5.41, 5.74) is 5.03. The van der Waals surface area contributed by atoms with Gasteiger partial charge in [0.2, 0.25) is 0 Å². The van der Waals surface area contributed by atoms with Crippen LogP contribution in [-0.2, 0) is 4.74 Å². The van der Waals surface area contributed by atoms with Crippen LogP contribution in [0.4, 0.5) is 0 Å². The maximum Gasteiger partial charge on any atom is 0.0658 e. The third kappa shape index (κ3) is 3.32. The van der Waals surface area contributed by atoms with E-state index in [1.165, 1.54) is 12.8 Å². The zero-order valence-corrected chi connectivity index (χ0v) is 12.1. The third-order valence-corrected chi connectivity index (χ3v) is 4.00. The first-order valence-corrected chi connectivity index (χ1v) is 7.55. The molecule has 3 rings (SSSR count). The van der Waals surface area contributed by atoms with Crippen LogP contribution in [0.15, 0.2) is 42.6 Å². The Morgan fingerprint density at radius 1 is 1.29 bits per heavy atom. The minimum absolute atomic E-state index is 0.0378. The Bertz CT molecular complexity index is 548. The van der Waals surface area contributed by atoms with Gasteiger partial charge in [-0.3, -0.25) is 11.3 Å². The second-order valence-corrected chi connectivity index (χ2v) is 5.45. The second kappa shape index (κ2) is 6.85. The number of para-hydroxylation sites is 1. The van der Waals surface area contributed by atoms with Crippen molar-refractivity contribution < 1.29 is 4.74 Å². The average molecular weight is 286 g/mol. The minimum atomic E-state index is 0.0378. The topological polar surface area (TPSA) is 65.1 Å². The summed E-state index contributed by atoms with van der Waals surface area (Å²) in [7, 11) is 0. The molecule has 0 aliphatic carbocycles. The first-order chi connectivity index (χ1) is 10.4. The third-order valence-electron chi connectivity index (χ3n) is 4.00. The lowest BCUT2D eigenvalue weighted by molar-refractivity contribution is 0.00463. The zero-order valence-electron chi connectivity index (χ0n) is 12.1. The van der Waals surface area contributed by atoms with Crippen LogP contribution in [0.1, 0.15) is 37.4 Å². The number of benzene rings is 1. The molecule has 112 valence electrons. The zero-order chi connectivity index (χ0) is 14.5. The van der Waals surface area contributed by atoms with E-state index in [0.29, 0.717) is 0 Å². The first kappa shape index (κ1) is 14.3. The van der Waals surface area contributed by atoms with Gasteiger partial charge in [0.25, 0.3) is 0 Å². The van der Waals surface area contributed by atoms with Crippen LogP contribution in [0, 0.1) is 0 Å². The number of hydrogen-bond donors (Lipinski definition) is 2. The minimum Gasteiger partial charge on any atom is -0.378 e. The molecule has 2 aromatic rings. The molecular formula is C16H22N4O. The van der Waals surface area contributed by atoms with E-state index in [1.54, 1.807) is 0 Å². The molecule has 5 heteroatoms. The molecule has 0 saturated carbocycles. The molecule has 2 heterocycles. The summed E-state index contributed by atoms with van der Waals surface area (Å²) in [4.78, 5) is 0. The van der Waals surface area contributed by atoms with Crippen LogP contribution in [-0.4, -0.2) is 22.5 Å². The standard InChI is InChI=1S/C16H22N4O/c17-19-15(12-14-8-4-5-11-21-14)16-9-10-18-20(16)13-6-2-1-3-7-13/h1-3,6-7,9-10,14-15,19H,4-5,8,11-12,17H2. The van der Waals surface area contributed by atoms with E-state index >= 15 is 0 Å². The van der Waals surface area contributed by atoms with Gasteiger partial charge in [0.15, 0.2) is 0 Å². The monoisotopic (exact) mass is 286 g/mol. The highest BCUT2D eigenvalue weighted by atomic mass is 16.5. The molecule has 1 aromatic carbocycles. The number of rotatable bonds is 5. The molecule has 1 aromatic heterocycles. The lowest BCUT2D eigenvalue weighted by atomic mass is 10.00. The van der Waals surface area contributed by atoms with Crippen molar-refractivity contribution in [2.24, 2.45) is 5.84 Å². The molecule has 0 amide bonds. The molecule has 0 spiro atoms. The Labute approximate surface area is 125 Å². The second-order valence-electron chi connectivity index (χ2n) is 5.45. The Morgan fingerprint density at radius 2 is 2.14 bits per heavy atom. The Balaban J connectivity index is 1.79. The van der Waals surface area contributed by atoms with Gasteiger partial charge in [0, 0.05) is 12.8 Å². The lowest BCUT2D eigenvalue weighted by Crippen LogP contribution is -2.34. The van der Waals surface area contributed by atoms with E-state index in [0.717, 1.165) is 30.8 Å². The number of aromatic nitrogens is 2. The summed E-state index contributed by atoms with van der Waals surface area (Å²) in [6.07, 6.45) is 6.47. The molecule has 1 saturated heterocycles. The van der Waals surface area contributed by atoms with Crippen molar-refractivity contribution in [3.05, 3.63) is 48.3 Å². The van der Waals surface area contributed by atoms with Crippen LogP contribution >= 0.6 is 0 Å². The van der Waals surface area contributed by atoms with Crippen LogP contribution in [0.3, 0.4) is 0 Å². The number of nitrogens with two attached hydrogens (primary N) is 1. The summed E-state index contributed by atoms with van der Waals surface area (Å²) in [6, 6.07) is 12.2. The van der Waals surface area contributed by atoms with Crippen LogP contribution in [0.2, 0.25) is 0 Å². The van der Waals surface area contributed by atoms with Crippen molar-refractivity contribution >= 4 is 0 Å². The largest absolute Gasteiger partial charge is 0.378 e. The number of ether oxygens (including phenoxy) is 1. The summed E-state index contributed by atoms with van der Waals surface area (Å²) in [5.74, 6) is 5.78. The van der Waals surface area contributed by atoms with Crippen molar-refractivity contribution in [3.63, 3.8) is 0 Å². The number of hydrazine groups is 1. The van der Waals surface area contributed by atoms with Crippen molar-refractivity contribution in [2.75, 3.05) is 6.61 Å². The molecular weight excluding hydrogens is 264 g/mol. The SMILES string of the molecule is NNC(CC1CCCCO1)c1ccnn1-c1ccccc1. The van der Waals surface area contributed by atoms with Crippen molar-refractivity contribution in [1.29, 1.82) is 0 Å². The van der Waals surface area contributed by atoms with Crippen molar-refractivity contribution in [2.45, 2.75) is 37.8 Å². The summed E-state index contributed by atoms with van der Waals surface area (Å²) < 4.78 is 7.77.